The van der Waals surface area contributed by atoms with Crippen molar-refractivity contribution in [3.63, 3.8) is 0 Å². The Hall–Kier alpha value is -2.83. The number of H-pyrrole nitrogens is 1. The maximum absolute atomic E-state index is 12.4. The van der Waals surface area contributed by atoms with E-state index in [1.54, 1.807) is 7.11 Å². The largest absolute Gasteiger partial charge is 0.497 e. The van der Waals surface area contributed by atoms with Crippen LogP contribution < -0.4 is 15.6 Å². The van der Waals surface area contributed by atoms with Crippen LogP contribution in [0.5, 0.6) is 5.75 Å². The number of aromatic nitrogens is 2. The van der Waals surface area contributed by atoms with Crippen LogP contribution in [0.1, 0.15) is 5.82 Å². The van der Waals surface area contributed by atoms with Gasteiger partial charge in [-0.05, 0) is 48.0 Å². The Morgan fingerprint density at radius 3 is 2.59 bits per heavy atom. The average Bonchev–Trinajstić information content (AvgIpc) is 3.12. The van der Waals surface area contributed by atoms with E-state index in [0.717, 1.165) is 21.9 Å². The Bertz CT molecular complexity index is 1130. The first-order valence-electron chi connectivity index (χ1n) is 8.29. The molecule has 0 aliphatic heterocycles. The molecule has 2 heterocycles. The first-order chi connectivity index (χ1) is 13.1. The van der Waals surface area contributed by atoms with E-state index in [1.807, 2.05) is 54.6 Å². The van der Waals surface area contributed by atoms with Crippen LogP contribution in [0, 0.1) is 0 Å². The van der Waals surface area contributed by atoms with Gasteiger partial charge in [0.25, 0.3) is 5.56 Å². The van der Waals surface area contributed by atoms with Gasteiger partial charge in [-0.2, -0.15) is 0 Å². The van der Waals surface area contributed by atoms with Crippen molar-refractivity contribution in [1.82, 2.24) is 9.97 Å². The minimum absolute atomic E-state index is 0.128. The highest BCUT2D eigenvalue weighted by atomic mass is 35.5. The topological polar surface area (TPSA) is 67.0 Å². The number of aromatic amines is 1. The lowest BCUT2D eigenvalue weighted by Gasteiger charge is -2.06. The van der Waals surface area contributed by atoms with Gasteiger partial charge in [-0.25, -0.2) is 4.98 Å². The van der Waals surface area contributed by atoms with Crippen LogP contribution in [0.4, 0.5) is 5.69 Å². The van der Waals surface area contributed by atoms with E-state index in [9.17, 15) is 4.79 Å². The Labute approximate surface area is 164 Å². The Morgan fingerprint density at radius 2 is 1.89 bits per heavy atom. The molecule has 0 fully saturated rings. The van der Waals surface area contributed by atoms with Crippen LogP contribution >= 0.6 is 22.9 Å². The van der Waals surface area contributed by atoms with Crippen molar-refractivity contribution < 1.29 is 4.74 Å². The highest BCUT2D eigenvalue weighted by molar-refractivity contribution is 7.22. The molecule has 2 aromatic heterocycles. The van der Waals surface area contributed by atoms with Gasteiger partial charge in [-0.1, -0.05) is 23.7 Å². The van der Waals surface area contributed by atoms with E-state index in [-0.39, 0.29) is 5.56 Å². The summed E-state index contributed by atoms with van der Waals surface area (Å²) in [7, 11) is 1.63. The standard InChI is InChI=1S/C20H16ClN3O2S/c1-26-15-8-6-14(7-9-15)22-11-18-23-16-10-17(27-19(16)20(25)24-18)12-2-4-13(21)5-3-12/h2-10,22H,11H2,1H3,(H,23,24,25). The number of rotatable bonds is 5. The fourth-order valence-corrected chi connectivity index (χ4v) is 3.85. The maximum atomic E-state index is 12.4. The van der Waals surface area contributed by atoms with E-state index in [1.165, 1.54) is 11.3 Å². The molecule has 0 radical (unpaired) electrons. The van der Waals surface area contributed by atoms with Crippen molar-refractivity contribution in [2.75, 3.05) is 12.4 Å². The minimum Gasteiger partial charge on any atom is -0.497 e. The number of hydrogen-bond donors (Lipinski definition) is 2. The molecule has 4 aromatic rings. The van der Waals surface area contributed by atoms with E-state index < -0.39 is 0 Å². The normalized spacial score (nSPS) is 10.9. The maximum Gasteiger partial charge on any atom is 0.268 e. The van der Waals surface area contributed by atoms with Gasteiger partial charge in [-0.15, -0.1) is 11.3 Å². The van der Waals surface area contributed by atoms with Crippen LogP contribution in [-0.4, -0.2) is 17.1 Å². The molecule has 0 spiro atoms. The van der Waals surface area contributed by atoms with Gasteiger partial charge in [0.05, 0.1) is 19.2 Å². The third-order valence-electron chi connectivity index (χ3n) is 4.11. The van der Waals surface area contributed by atoms with Crippen molar-refractivity contribution in [2.45, 2.75) is 6.54 Å². The number of anilines is 1. The molecule has 0 saturated heterocycles. The summed E-state index contributed by atoms with van der Waals surface area (Å²) in [6, 6.07) is 17.1. The van der Waals surface area contributed by atoms with Crippen LogP contribution in [-0.2, 0) is 6.54 Å². The second kappa shape index (κ2) is 7.42. The monoisotopic (exact) mass is 397 g/mol. The number of ether oxygens (including phenoxy) is 1. The summed E-state index contributed by atoms with van der Waals surface area (Å²) in [6.45, 7) is 0.420. The van der Waals surface area contributed by atoms with Gasteiger partial charge in [0, 0.05) is 15.6 Å². The zero-order valence-electron chi connectivity index (χ0n) is 14.5. The number of nitrogens with zero attached hydrogens (tertiary/aromatic N) is 1. The zero-order valence-corrected chi connectivity index (χ0v) is 16.0. The van der Waals surface area contributed by atoms with E-state index in [2.05, 4.69) is 15.3 Å². The molecule has 136 valence electrons. The fraction of sp³-hybridized carbons (Fsp3) is 0.100. The third kappa shape index (κ3) is 3.82. The van der Waals surface area contributed by atoms with Crippen molar-refractivity contribution in [3.05, 3.63) is 75.8 Å². The molecule has 0 aliphatic carbocycles. The van der Waals surface area contributed by atoms with Gasteiger partial charge in [-0.3, -0.25) is 4.79 Å². The van der Waals surface area contributed by atoms with Crippen molar-refractivity contribution in [2.24, 2.45) is 0 Å². The summed E-state index contributed by atoms with van der Waals surface area (Å²) in [5.74, 6) is 1.38. The molecule has 0 unspecified atom stereocenters. The molecule has 7 heteroatoms. The number of thiophene rings is 1. The smallest absolute Gasteiger partial charge is 0.268 e. The van der Waals surface area contributed by atoms with E-state index in [0.29, 0.717) is 27.6 Å². The van der Waals surface area contributed by atoms with Crippen LogP contribution in [0.2, 0.25) is 5.02 Å². The summed E-state index contributed by atoms with van der Waals surface area (Å²) < 4.78 is 5.77. The molecule has 2 N–H and O–H groups in total. The summed E-state index contributed by atoms with van der Waals surface area (Å²) in [5, 5.41) is 3.93. The lowest BCUT2D eigenvalue weighted by molar-refractivity contribution is 0.415. The molecule has 0 saturated carbocycles. The molecule has 2 aromatic carbocycles. The molecule has 0 aliphatic rings. The average molecular weight is 398 g/mol. The van der Waals surface area contributed by atoms with Gasteiger partial charge in [0.15, 0.2) is 0 Å². The van der Waals surface area contributed by atoms with Gasteiger partial charge in [0.1, 0.15) is 16.3 Å². The number of hydrogen-bond acceptors (Lipinski definition) is 5. The molecule has 0 amide bonds. The minimum atomic E-state index is -0.128. The number of halogens is 1. The summed E-state index contributed by atoms with van der Waals surface area (Å²) in [5.41, 5.74) is 2.50. The molecular formula is C20H16ClN3O2S. The van der Waals surface area contributed by atoms with Crippen LogP contribution in [0.25, 0.3) is 20.7 Å². The Morgan fingerprint density at radius 1 is 1.15 bits per heavy atom. The van der Waals surface area contributed by atoms with Gasteiger partial charge in [0.2, 0.25) is 0 Å². The Balaban J connectivity index is 1.59. The number of benzene rings is 2. The molecular weight excluding hydrogens is 382 g/mol. The van der Waals surface area contributed by atoms with Crippen molar-refractivity contribution >= 4 is 38.8 Å². The molecule has 5 nitrogen and oxygen atoms in total. The van der Waals surface area contributed by atoms with Gasteiger partial charge < -0.3 is 15.0 Å². The van der Waals surface area contributed by atoms with Crippen molar-refractivity contribution in [1.29, 1.82) is 0 Å². The molecule has 4 rings (SSSR count). The molecule has 0 atom stereocenters. The molecule has 27 heavy (non-hydrogen) atoms. The second-order valence-electron chi connectivity index (χ2n) is 5.93. The third-order valence-corrected chi connectivity index (χ3v) is 5.53. The summed E-state index contributed by atoms with van der Waals surface area (Å²) in [4.78, 5) is 20.9. The predicted octanol–water partition coefficient (Wildman–Crippen LogP) is 4.93. The van der Waals surface area contributed by atoms with E-state index >= 15 is 0 Å². The molecule has 0 bridgehead atoms. The number of nitrogens with one attached hydrogen (secondary N) is 2. The predicted molar refractivity (Wildman–Crippen MR) is 111 cm³/mol. The number of methoxy groups -OCH3 is 1. The first-order valence-corrected chi connectivity index (χ1v) is 9.48. The van der Waals surface area contributed by atoms with Crippen LogP contribution in [0.3, 0.4) is 0 Å². The highest BCUT2D eigenvalue weighted by Crippen LogP contribution is 2.31. The summed E-state index contributed by atoms with van der Waals surface area (Å²) >= 11 is 7.37. The fourth-order valence-electron chi connectivity index (χ4n) is 2.72. The second-order valence-corrected chi connectivity index (χ2v) is 7.42. The quantitative estimate of drug-likeness (QED) is 0.501. The van der Waals surface area contributed by atoms with Crippen molar-refractivity contribution in [3.8, 4) is 16.2 Å². The lowest BCUT2D eigenvalue weighted by atomic mass is 10.2. The highest BCUT2D eigenvalue weighted by Gasteiger charge is 2.10. The first kappa shape index (κ1) is 17.6. The zero-order chi connectivity index (χ0) is 18.8. The Kier molecular flexibility index (Phi) is 4.83. The SMILES string of the molecule is COc1ccc(NCc2nc3cc(-c4ccc(Cl)cc4)sc3c(=O)[nH]2)cc1. The lowest BCUT2D eigenvalue weighted by Crippen LogP contribution is -2.13. The van der Waals surface area contributed by atoms with Gasteiger partial charge >= 0.3 is 0 Å². The van der Waals surface area contributed by atoms with Crippen LogP contribution in [0.15, 0.2) is 59.4 Å². The number of fused-ring (bicyclic) bond motifs is 1. The summed E-state index contributed by atoms with van der Waals surface area (Å²) in [6.07, 6.45) is 0. The van der Waals surface area contributed by atoms with E-state index in [4.69, 9.17) is 16.3 Å².